The third-order valence-electron chi connectivity index (χ3n) is 2.74. The van der Waals surface area contributed by atoms with Crippen molar-refractivity contribution in [3.63, 3.8) is 0 Å². The molecule has 18 heavy (non-hydrogen) atoms. The lowest BCUT2D eigenvalue weighted by Crippen LogP contribution is -2.02. The Balaban J connectivity index is 2.44. The van der Waals surface area contributed by atoms with Crippen LogP contribution in [0.2, 0.25) is 0 Å². The first-order valence-corrected chi connectivity index (χ1v) is 6.35. The fourth-order valence-corrected chi connectivity index (χ4v) is 2.15. The van der Waals surface area contributed by atoms with E-state index in [1.54, 1.807) is 25.1 Å². The van der Waals surface area contributed by atoms with Gasteiger partial charge in [0.25, 0.3) is 0 Å². The van der Waals surface area contributed by atoms with Crippen molar-refractivity contribution in [2.75, 3.05) is 0 Å². The van der Waals surface area contributed by atoms with Gasteiger partial charge in [-0.1, -0.05) is 28.1 Å². The van der Waals surface area contributed by atoms with E-state index in [0.717, 1.165) is 15.6 Å². The summed E-state index contributed by atoms with van der Waals surface area (Å²) < 4.78 is 14.2. The molecule has 2 aromatic rings. The number of carbonyl (C=O) groups is 1. The van der Waals surface area contributed by atoms with E-state index in [0.29, 0.717) is 11.1 Å². The fraction of sp³-hybridized carbons (Fsp3) is 0.133. The third kappa shape index (κ3) is 2.67. The number of hydrogen-bond acceptors (Lipinski definition) is 1. The predicted octanol–water partition coefficient (Wildman–Crippen LogP) is 4.44. The van der Waals surface area contributed by atoms with Gasteiger partial charge in [0.05, 0.1) is 0 Å². The Kier molecular flexibility index (Phi) is 3.62. The Morgan fingerprint density at radius 2 is 1.78 bits per heavy atom. The number of benzene rings is 2. The molecule has 0 atom stereocenters. The van der Waals surface area contributed by atoms with Gasteiger partial charge in [-0.25, -0.2) is 4.39 Å². The molecule has 0 aliphatic rings. The maximum atomic E-state index is 13.3. The lowest BCUT2D eigenvalue weighted by Gasteiger charge is -2.05. The van der Waals surface area contributed by atoms with Crippen molar-refractivity contribution in [3.05, 3.63) is 68.9 Å². The zero-order chi connectivity index (χ0) is 13.3. The van der Waals surface area contributed by atoms with Crippen molar-refractivity contribution in [3.8, 4) is 0 Å². The summed E-state index contributed by atoms with van der Waals surface area (Å²) >= 11 is 3.39. The maximum Gasteiger partial charge on any atom is 0.193 e. The molecule has 0 N–H and O–H groups in total. The lowest BCUT2D eigenvalue weighted by atomic mass is 10.0. The van der Waals surface area contributed by atoms with Gasteiger partial charge in [0.15, 0.2) is 5.78 Å². The monoisotopic (exact) mass is 306 g/mol. The maximum absolute atomic E-state index is 13.3. The average Bonchev–Trinajstić information content (AvgIpc) is 2.30. The van der Waals surface area contributed by atoms with Crippen LogP contribution in [0.1, 0.15) is 27.0 Å². The highest BCUT2D eigenvalue weighted by atomic mass is 79.9. The van der Waals surface area contributed by atoms with Crippen molar-refractivity contribution >= 4 is 21.7 Å². The van der Waals surface area contributed by atoms with Crippen LogP contribution < -0.4 is 0 Å². The summed E-state index contributed by atoms with van der Waals surface area (Å²) in [5, 5.41) is 0. The first-order valence-electron chi connectivity index (χ1n) is 5.55. The largest absolute Gasteiger partial charge is 0.289 e. The van der Waals surface area contributed by atoms with Crippen molar-refractivity contribution in [2.45, 2.75) is 13.8 Å². The molecule has 0 aliphatic carbocycles. The Bertz CT molecular complexity index is 600. The molecule has 0 radical (unpaired) electrons. The van der Waals surface area contributed by atoms with Crippen molar-refractivity contribution in [1.82, 2.24) is 0 Å². The Morgan fingerprint density at radius 1 is 1.06 bits per heavy atom. The minimum atomic E-state index is -0.385. The van der Waals surface area contributed by atoms with Crippen LogP contribution in [0.25, 0.3) is 0 Å². The molecule has 2 rings (SSSR count). The van der Waals surface area contributed by atoms with Crippen LogP contribution in [-0.4, -0.2) is 5.78 Å². The molecule has 0 bridgehead atoms. The molecule has 0 fully saturated rings. The molecule has 0 amide bonds. The third-order valence-corrected chi connectivity index (χ3v) is 3.59. The summed E-state index contributed by atoms with van der Waals surface area (Å²) in [5.74, 6) is -0.553. The molecule has 0 aliphatic heterocycles. The molecule has 0 saturated heterocycles. The Hall–Kier alpha value is -1.48. The molecule has 1 nitrogen and oxygen atoms in total. The number of hydrogen-bond donors (Lipinski definition) is 0. The Morgan fingerprint density at radius 3 is 2.39 bits per heavy atom. The molecule has 0 heterocycles. The van der Waals surface area contributed by atoms with Gasteiger partial charge in [0.2, 0.25) is 0 Å². The molecule has 0 spiro atoms. The second kappa shape index (κ2) is 5.02. The second-order valence-electron chi connectivity index (χ2n) is 4.31. The van der Waals surface area contributed by atoms with E-state index in [4.69, 9.17) is 0 Å². The molecule has 0 aromatic heterocycles. The number of rotatable bonds is 2. The molecular formula is C15H12BrFO. The van der Waals surface area contributed by atoms with Crippen LogP contribution in [0, 0.1) is 19.7 Å². The highest BCUT2D eigenvalue weighted by Gasteiger charge is 2.11. The summed E-state index contributed by atoms with van der Waals surface area (Å²) in [6.45, 7) is 3.72. The first-order chi connectivity index (χ1) is 8.47. The number of halogens is 2. The van der Waals surface area contributed by atoms with Crippen LogP contribution in [0.5, 0.6) is 0 Å². The first kappa shape index (κ1) is 13.0. The SMILES string of the molecule is Cc1cc(F)cc(C(=O)c2ccc(C)c(Br)c2)c1. The normalized spacial score (nSPS) is 10.4. The van der Waals surface area contributed by atoms with E-state index in [-0.39, 0.29) is 11.6 Å². The Labute approximate surface area is 114 Å². The van der Waals surface area contributed by atoms with Crippen LogP contribution in [0.15, 0.2) is 40.9 Å². The molecule has 0 unspecified atom stereocenters. The van der Waals surface area contributed by atoms with Gasteiger partial charge in [0, 0.05) is 15.6 Å². The predicted molar refractivity (Wildman–Crippen MR) is 73.4 cm³/mol. The smallest absolute Gasteiger partial charge is 0.193 e. The van der Waals surface area contributed by atoms with E-state index >= 15 is 0 Å². The number of aryl methyl sites for hydroxylation is 2. The van der Waals surface area contributed by atoms with Gasteiger partial charge in [-0.3, -0.25) is 4.79 Å². The van der Waals surface area contributed by atoms with Gasteiger partial charge in [-0.05, 0) is 49.2 Å². The lowest BCUT2D eigenvalue weighted by molar-refractivity contribution is 0.103. The highest BCUT2D eigenvalue weighted by Crippen LogP contribution is 2.20. The number of carbonyl (C=O) groups excluding carboxylic acids is 1. The minimum Gasteiger partial charge on any atom is -0.289 e. The quantitative estimate of drug-likeness (QED) is 0.750. The average molecular weight is 307 g/mol. The van der Waals surface area contributed by atoms with E-state index in [1.807, 2.05) is 13.0 Å². The van der Waals surface area contributed by atoms with Gasteiger partial charge >= 0.3 is 0 Å². The second-order valence-corrected chi connectivity index (χ2v) is 5.16. The summed E-state index contributed by atoms with van der Waals surface area (Å²) in [5.41, 5.74) is 2.73. The topological polar surface area (TPSA) is 17.1 Å². The molecule has 3 heteroatoms. The summed E-state index contributed by atoms with van der Waals surface area (Å²) in [6.07, 6.45) is 0. The van der Waals surface area contributed by atoms with E-state index in [2.05, 4.69) is 15.9 Å². The van der Waals surface area contributed by atoms with Crippen molar-refractivity contribution in [1.29, 1.82) is 0 Å². The van der Waals surface area contributed by atoms with E-state index < -0.39 is 0 Å². The van der Waals surface area contributed by atoms with Gasteiger partial charge in [-0.2, -0.15) is 0 Å². The van der Waals surface area contributed by atoms with Crippen LogP contribution in [-0.2, 0) is 0 Å². The molecule has 2 aromatic carbocycles. The summed E-state index contributed by atoms with van der Waals surface area (Å²) in [6, 6.07) is 9.74. The highest BCUT2D eigenvalue weighted by molar-refractivity contribution is 9.10. The van der Waals surface area contributed by atoms with E-state index in [9.17, 15) is 9.18 Å². The van der Waals surface area contributed by atoms with Gasteiger partial charge < -0.3 is 0 Å². The summed E-state index contributed by atoms with van der Waals surface area (Å²) in [7, 11) is 0. The van der Waals surface area contributed by atoms with Gasteiger partial charge in [-0.15, -0.1) is 0 Å². The van der Waals surface area contributed by atoms with Crippen LogP contribution in [0.3, 0.4) is 0 Å². The minimum absolute atomic E-state index is 0.168. The summed E-state index contributed by atoms with van der Waals surface area (Å²) in [4.78, 5) is 12.2. The van der Waals surface area contributed by atoms with E-state index in [1.165, 1.54) is 12.1 Å². The number of ketones is 1. The van der Waals surface area contributed by atoms with Crippen LogP contribution >= 0.6 is 15.9 Å². The molecule has 92 valence electrons. The van der Waals surface area contributed by atoms with Crippen molar-refractivity contribution < 1.29 is 9.18 Å². The molecule has 0 saturated carbocycles. The standard InChI is InChI=1S/C15H12BrFO/c1-9-5-12(7-13(17)6-9)15(18)11-4-3-10(2)14(16)8-11/h3-8H,1-2H3. The van der Waals surface area contributed by atoms with Crippen LogP contribution in [0.4, 0.5) is 4.39 Å². The fourth-order valence-electron chi connectivity index (χ4n) is 1.77. The zero-order valence-electron chi connectivity index (χ0n) is 10.1. The molecular weight excluding hydrogens is 295 g/mol. The van der Waals surface area contributed by atoms with Gasteiger partial charge in [0.1, 0.15) is 5.82 Å². The zero-order valence-corrected chi connectivity index (χ0v) is 11.7. The van der Waals surface area contributed by atoms with Crippen molar-refractivity contribution in [2.24, 2.45) is 0 Å².